The van der Waals surface area contributed by atoms with Crippen molar-refractivity contribution in [3.05, 3.63) is 261 Å². The van der Waals surface area contributed by atoms with E-state index in [1.807, 2.05) is 48.5 Å². The zero-order chi connectivity index (χ0) is 54.3. The van der Waals surface area contributed by atoms with Gasteiger partial charge >= 0.3 is 0 Å². The van der Waals surface area contributed by atoms with E-state index in [1.165, 1.54) is 10.8 Å². The van der Waals surface area contributed by atoms with Crippen LogP contribution in [0.15, 0.2) is 274 Å². The molecular formula is C75H43N5O3. The topological polar surface area (TPSA) is 87.9 Å². The van der Waals surface area contributed by atoms with Crippen LogP contribution in [0.25, 0.3) is 177 Å². The molecule has 18 aromatic rings. The highest BCUT2D eigenvalue weighted by Gasteiger charge is 2.27. The highest BCUT2D eigenvalue weighted by atomic mass is 16.3. The largest absolute Gasteiger partial charge is 0.456 e. The Hall–Kier alpha value is -11.4. The molecule has 0 aliphatic heterocycles. The van der Waals surface area contributed by atoms with Gasteiger partial charge in [0.25, 0.3) is 0 Å². The lowest BCUT2D eigenvalue weighted by atomic mass is 9.92. The molecule has 0 aliphatic rings. The van der Waals surface area contributed by atoms with Crippen molar-refractivity contribution in [1.82, 2.24) is 24.1 Å². The maximum Gasteiger partial charge on any atom is 0.164 e. The monoisotopic (exact) mass is 1060 g/mol. The van der Waals surface area contributed by atoms with Crippen molar-refractivity contribution in [3.63, 3.8) is 0 Å². The second kappa shape index (κ2) is 17.6. The SMILES string of the molecule is c1ccc(-c2cc(-c3nc(-c4ccc5c(c4)oc4ccccc45)nc(-c4ccc5c(c4)oc4ccccc45)n3)cc(-c3ccccc3)c2-n2c3ccccc3c3c4oc5ccc6c7ccccc7n(-c7ccccc7)c6c5c4ccc32)cc1. The molecule has 6 heterocycles. The Morgan fingerprint density at radius 3 is 1.34 bits per heavy atom. The third kappa shape index (κ3) is 6.84. The standard InChI is InChI=1S/C75H43N5O3/c1-4-18-44(19-5-1)58-40-48(75-77-73(46-32-34-53-51-25-12-16-30-63(51)81-66(53)42-46)76-74(78-75)47-33-35-54-52-26-13-17-31-64(52)82-67(54)43-47)41-59(45-20-6-2-7-21-45)70(58)80-61-29-15-11-27-56(61)68-62(80)38-36-57-69-65(83-72(57)68)39-37-55-50-24-10-14-28-60(50)79(71(55)69)49-22-8-3-9-23-49/h1-43H. The summed E-state index contributed by atoms with van der Waals surface area (Å²) in [4.78, 5) is 16.1. The molecule has 0 N–H and O–H groups in total. The van der Waals surface area contributed by atoms with Crippen LogP contribution in [0, 0.1) is 0 Å². The molecule has 6 aromatic heterocycles. The molecule has 0 atom stereocenters. The van der Waals surface area contributed by atoms with E-state index in [2.05, 4.69) is 221 Å². The fraction of sp³-hybridized carbons (Fsp3) is 0. The van der Waals surface area contributed by atoms with Crippen LogP contribution in [-0.2, 0) is 0 Å². The molecule has 83 heavy (non-hydrogen) atoms. The van der Waals surface area contributed by atoms with Crippen molar-refractivity contribution < 1.29 is 13.3 Å². The van der Waals surface area contributed by atoms with Crippen LogP contribution < -0.4 is 0 Å². The van der Waals surface area contributed by atoms with E-state index < -0.39 is 0 Å². The highest BCUT2D eigenvalue weighted by molar-refractivity contribution is 6.30. The average Bonchev–Trinajstić information content (AvgIpc) is 3.70. The van der Waals surface area contributed by atoms with E-state index in [9.17, 15) is 0 Å². The summed E-state index contributed by atoms with van der Waals surface area (Å²) in [6, 6.07) is 91.5. The van der Waals surface area contributed by atoms with Crippen LogP contribution in [0.3, 0.4) is 0 Å². The number of hydrogen-bond acceptors (Lipinski definition) is 6. The van der Waals surface area contributed by atoms with Crippen molar-refractivity contribution in [3.8, 4) is 67.8 Å². The molecule has 0 bridgehead atoms. The first kappa shape index (κ1) is 45.5. The molecule has 8 heteroatoms. The van der Waals surface area contributed by atoms with Crippen molar-refractivity contribution in [2.75, 3.05) is 0 Å². The van der Waals surface area contributed by atoms with Gasteiger partial charge in [-0.15, -0.1) is 0 Å². The van der Waals surface area contributed by atoms with Crippen LogP contribution in [0.1, 0.15) is 0 Å². The van der Waals surface area contributed by atoms with Crippen LogP contribution in [0.2, 0.25) is 0 Å². The molecule has 12 aromatic carbocycles. The predicted molar refractivity (Wildman–Crippen MR) is 338 cm³/mol. The smallest absolute Gasteiger partial charge is 0.164 e. The van der Waals surface area contributed by atoms with E-state index in [0.29, 0.717) is 17.5 Å². The third-order valence-corrected chi connectivity index (χ3v) is 16.8. The molecule has 0 unspecified atom stereocenters. The minimum absolute atomic E-state index is 0.516. The lowest BCUT2D eigenvalue weighted by Gasteiger charge is -2.21. The van der Waals surface area contributed by atoms with Gasteiger partial charge in [-0.2, -0.15) is 0 Å². The van der Waals surface area contributed by atoms with Gasteiger partial charge in [0.1, 0.15) is 33.5 Å². The molecular weight excluding hydrogens is 1020 g/mol. The molecule has 0 saturated heterocycles. The van der Waals surface area contributed by atoms with Gasteiger partial charge in [-0.3, -0.25) is 0 Å². The fourth-order valence-electron chi connectivity index (χ4n) is 13.1. The van der Waals surface area contributed by atoms with E-state index in [-0.39, 0.29) is 0 Å². The number of fused-ring (bicyclic) bond motifs is 17. The zero-order valence-corrected chi connectivity index (χ0v) is 44.3. The first-order chi connectivity index (χ1) is 41.1. The Morgan fingerprint density at radius 2 is 0.735 bits per heavy atom. The van der Waals surface area contributed by atoms with Crippen LogP contribution in [0.5, 0.6) is 0 Å². The Balaban J connectivity index is 0.909. The highest BCUT2D eigenvalue weighted by Crippen LogP contribution is 2.48. The van der Waals surface area contributed by atoms with Gasteiger partial charge in [0, 0.05) is 76.6 Å². The lowest BCUT2D eigenvalue weighted by molar-refractivity contribution is 0.668. The summed E-state index contributed by atoms with van der Waals surface area (Å²) in [5.74, 6) is 1.55. The lowest BCUT2D eigenvalue weighted by Crippen LogP contribution is -2.04. The maximum absolute atomic E-state index is 7.24. The molecule has 386 valence electrons. The fourth-order valence-corrected chi connectivity index (χ4v) is 13.1. The van der Waals surface area contributed by atoms with Gasteiger partial charge in [0.2, 0.25) is 0 Å². The summed E-state index contributed by atoms with van der Waals surface area (Å²) in [6.07, 6.45) is 0. The number of furan rings is 3. The number of aromatic nitrogens is 5. The number of nitrogens with zero attached hydrogens (tertiary/aromatic N) is 5. The van der Waals surface area contributed by atoms with E-state index in [0.717, 1.165) is 149 Å². The molecule has 0 fully saturated rings. The van der Waals surface area contributed by atoms with Gasteiger partial charge < -0.3 is 22.4 Å². The molecule has 0 saturated carbocycles. The summed E-state index contributed by atoms with van der Waals surface area (Å²) in [6.45, 7) is 0. The second-order valence-corrected chi connectivity index (χ2v) is 21.4. The van der Waals surface area contributed by atoms with Gasteiger partial charge in [-0.1, -0.05) is 164 Å². The number of rotatable bonds is 7. The van der Waals surface area contributed by atoms with Gasteiger partial charge in [0.15, 0.2) is 17.5 Å². The minimum Gasteiger partial charge on any atom is -0.456 e. The maximum atomic E-state index is 7.24. The molecule has 0 amide bonds. The zero-order valence-electron chi connectivity index (χ0n) is 44.3. The first-order valence-electron chi connectivity index (χ1n) is 27.9. The van der Waals surface area contributed by atoms with Crippen LogP contribution >= 0.6 is 0 Å². The summed E-state index contributed by atoms with van der Waals surface area (Å²) < 4.78 is 25.0. The van der Waals surface area contributed by atoms with Gasteiger partial charge in [0.05, 0.1) is 38.5 Å². The van der Waals surface area contributed by atoms with E-state index in [4.69, 9.17) is 28.2 Å². The third-order valence-electron chi connectivity index (χ3n) is 16.8. The summed E-state index contributed by atoms with van der Waals surface area (Å²) in [5, 5.41) is 10.8. The van der Waals surface area contributed by atoms with E-state index in [1.54, 1.807) is 0 Å². The van der Waals surface area contributed by atoms with Gasteiger partial charge in [-0.25, -0.2) is 15.0 Å². The Labute approximate surface area is 473 Å². The first-order valence-corrected chi connectivity index (χ1v) is 27.9. The van der Waals surface area contributed by atoms with Crippen LogP contribution in [0.4, 0.5) is 0 Å². The molecule has 8 nitrogen and oxygen atoms in total. The number of benzene rings is 12. The van der Waals surface area contributed by atoms with E-state index >= 15 is 0 Å². The Bertz CT molecular complexity index is 5500. The van der Waals surface area contributed by atoms with Crippen molar-refractivity contribution >= 4 is 109 Å². The average molecular weight is 1060 g/mol. The Kier molecular flexibility index (Phi) is 9.64. The minimum atomic E-state index is 0.516. The second-order valence-electron chi connectivity index (χ2n) is 21.4. The van der Waals surface area contributed by atoms with Crippen molar-refractivity contribution in [2.24, 2.45) is 0 Å². The Morgan fingerprint density at radius 1 is 0.265 bits per heavy atom. The normalized spacial score (nSPS) is 12.1. The van der Waals surface area contributed by atoms with Crippen LogP contribution in [-0.4, -0.2) is 24.1 Å². The predicted octanol–water partition coefficient (Wildman–Crippen LogP) is 20.1. The van der Waals surface area contributed by atoms with Gasteiger partial charge in [-0.05, 0) is 108 Å². The molecule has 0 aliphatic carbocycles. The summed E-state index contributed by atoms with van der Waals surface area (Å²) in [5.41, 5.74) is 17.8. The van der Waals surface area contributed by atoms with Crippen molar-refractivity contribution in [1.29, 1.82) is 0 Å². The summed E-state index contributed by atoms with van der Waals surface area (Å²) >= 11 is 0. The van der Waals surface area contributed by atoms with Crippen molar-refractivity contribution in [2.45, 2.75) is 0 Å². The molecule has 0 radical (unpaired) electrons. The molecule has 0 spiro atoms. The quantitative estimate of drug-likeness (QED) is 0.158. The number of hydrogen-bond donors (Lipinski definition) is 0. The summed E-state index contributed by atoms with van der Waals surface area (Å²) in [7, 11) is 0. The number of para-hydroxylation sites is 5. The molecule has 18 rings (SSSR count).